The number of hydrogen-bond donors (Lipinski definition) is 3. The van der Waals surface area contributed by atoms with Gasteiger partial charge in [0.2, 0.25) is 0 Å². The molecule has 0 aliphatic carbocycles. The molecule has 1 saturated heterocycles. The summed E-state index contributed by atoms with van der Waals surface area (Å²) in [6, 6.07) is 8.92. The van der Waals surface area contributed by atoms with E-state index in [1.165, 1.54) is 0 Å². The minimum Gasteiger partial charge on any atom is -0.480 e. The van der Waals surface area contributed by atoms with Gasteiger partial charge >= 0.3 is 19.3 Å². The first-order valence-electron chi connectivity index (χ1n) is 10.9. The van der Waals surface area contributed by atoms with Gasteiger partial charge in [0.05, 0.1) is 16.8 Å². The number of hydrogen-bond acceptors (Lipinski definition) is 5. The molecule has 7 nitrogen and oxygen atoms in total. The van der Waals surface area contributed by atoms with Gasteiger partial charge in [0.1, 0.15) is 6.04 Å². The molecule has 1 amide bonds. The Bertz CT molecular complexity index is 1050. The number of alkyl halides is 3. The maximum absolute atomic E-state index is 12.7. The molecule has 3 N–H and O–H groups in total. The highest BCUT2D eigenvalue weighted by Gasteiger charge is 2.51. The molecule has 1 heterocycles. The van der Waals surface area contributed by atoms with Crippen LogP contribution in [0, 0.1) is 0 Å². The fraction of sp³-hybridized carbons (Fsp3) is 0.417. The zero-order valence-corrected chi connectivity index (χ0v) is 19.7. The molecule has 11 heteroatoms. The number of halogens is 3. The van der Waals surface area contributed by atoms with Crippen LogP contribution in [0.2, 0.25) is 0 Å². The van der Waals surface area contributed by atoms with Crippen molar-refractivity contribution in [2.45, 2.75) is 63.6 Å². The fourth-order valence-electron chi connectivity index (χ4n) is 3.48. The van der Waals surface area contributed by atoms with Crippen molar-refractivity contribution in [3.63, 3.8) is 0 Å². The number of aliphatic hydroxyl groups excluding tert-OH is 1. The Labute approximate surface area is 201 Å². The lowest BCUT2D eigenvalue weighted by molar-refractivity contribution is -0.143. The van der Waals surface area contributed by atoms with Crippen molar-refractivity contribution in [1.29, 1.82) is 0 Å². The van der Waals surface area contributed by atoms with Crippen LogP contribution < -0.4 is 10.8 Å². The molecule has 0 radical (unpaired) electrons. The number of amides is 1. The molecule has 0 saturated carbocycles. The van der Waals surface area contributed by atoms with E-state index < -0.39 is 54.1 Å². The third-order valence-corrected chi connectivity index (χ3v) is 6.36. The van der Waals surface area contributed by atoms with Gasteiger partial charge in [-0.05, 0) is 56.4 Å². The molecule has 35 heavy (non-hydrogen) atoms. The quantitative estimate of drug-likeness (QED) is 0.513. The Morgan fingerprint density at radius 3 is 1.94 bits per heavy atom. The first-order valence-corrected chi connectivity index (χ1v) is 10.9. The van der Waals surface area contributed by atoms with E-state index in [2.05, 4.69) is 5.32 Å². The molecule has 0 bridgehead atoms. The van der Waals surface area contributed by atoms with Crippen molar-refractivity contribution < 1.29 is 42.3 Å². The van der Waals surface area contributed by atoms with E-state index in [0.29, 0.717) is 5.56 Å². The second-order valence-electron chi connectivity index (χ2n) is 9.46. The molecule has 2 aromatic carbocycles. The Morgan fingerprint density at radius 2 is 1.49 bits per heavy atom. The normalized spacial score (nSPS) is 18.7. The molecule has 2 atom stereocenters. The molecule has 0 spiro atoms. The van der Waals surface area contributed by atoms with E-state index >= 15 is 0 Å². The van der Waals surface area contributed by atoms with Gasteiger partial charge in [-0.3, -0.25) is 4.79 Å². The maximum atomic E-state index is 12.7. The molecule has 2 aromatic rings. The number of carboxylic acids is 1. The maximum Gasteiger partial charge on any atom is 0.494 e. The number of rotatable bonds is 7. The van der Waals surface area contributed by atoms with Gasteiger partial charge in [-0.15, -0.1) is 0 Å². The average molecular weight is 493 g/mol. The Balaban J connectivity index is 1.65. The Hall–Kier alpha value is -2.89. The molecule has 0 unspecified atom stereocenters. The van der Waals surface area contributed by atoms with Gasteiger partial charge in [-0.1, -0.05) is 36.4 Å². The van der Waals surface area contributed by atoms with Crippen LogP contribution in [0.1, 0.15) is 50.5 Å². The summed E-state index contributed by atoms with van der Waals surface area (Å²) in [6.07, 6.45) is -6.47. The summed E-state index contributed by atoms with van der Waals surface area (Å²) >= 11 is 0. The van der Waals surface area contributed by atoms with Crippen molar-refractivity contribution in [1.82, 2.24) is 5.32 Å². The van der Waals surface area contributed by atoms with Crippen LogP contribution in [0.25, 0.3) is 0 Å². The number of aliphatic carboxylic acids is 1. The van der Waals surface area contributed by atoms with E-state index in [0.717, 1.165) is 29.7 Å². The van der Waals surface area contributed by atoms with Crippen LogP contribution in [-0.2, 0) is 31.5 Å². The van der Waals surface area contributed by atoms with Crippen LogP contribution in [-0.4, -0.2) is 46.5 Å². The largest absolute Gasteiger partial charge is 0.494 e. The molecule has 3 rings (SSSR count). The lowest BCUT2D eigenvalue weighted by atomic mass is 9.78. The van der Waals surface area contributed by atoms with Crippen LogP contribution in [0.5, 0.6) is 0 Å². The number of aliphatic hydroxyl groups is 1. The minimum absolute atomic E-state index is 0.0789. The van der Waals surface area contributed by atoms with Crippen molar-refractivity contribution in [2.75, 3.05) is 0 Å². The molecular weight excluding hydrogens is 466 g/mol. The van der Waals surface area contributed by atoms with Gasteiger partial charge in [0, 0.05) is 6.42 Å². The highest BCUT2D eigenvalue weighted by molar-refractivity contribution is 6.62. The predicted molar refractivity (Wildman–Crippen MR) is 122 cm³/mol. The molecule has 1 aliphatic heterocycles. The van der Waals surface area contributed by atoms with E-state index in [9.17, 15) is 33.0 Å². The van der Waals surface area contributed by atoms with Crippen molar-refractivity contribution in [2.24, 2.45) is 0 Å². The molecule has 188 valence electrons. The zero-order chi connectivity index (χ0) is 26.2. The summed E-state index contributed by atoms with van der Waals surface area (Å²) in [5.41, 5.74) is -0.693. The third-order valence-electron chi connectivity index (χ3n) is 6.36. The molecule has 0 aromatic heterocycles. The average Bonchev–Trinajstić information content (AvgIpc) is 2.99. The number of benzene rings is 2. The van der Waals surface area contributed by atoms with Gasteiger partial charge in [0.15, 0.2) is 6.10 Å². The molecular formula is C24H27BF3NO6. The first kappa shape index (κ1) is 26.7. The third kappa shape index (κ3) is 6.03. The SMILES string of the molecule is CC1(C)OB(c2ccc(C[C@H](NC(=O)[C@H](O)c3ccc(C(F)(F)F)cc3)C(=O)O)cc2)OC1(C)C. The predicted octanol–water partition coefficient (Wildman–Crippen LogP) is 2.85. The van der Waals surface area contributed by atoms with Crippen LogP contribution in [0.15, 0.2) is 48.5 Å². The summed E-state index contributed by atoms with van der Waals surface area (Å²) in [7, 11) is -0.581. The lowest BCUT2D eigenvalue weighted by Gasteiger charge is -2.32. The standard InChI is InChI=1S/C24H27BF3NO6/c1-22(2)23(3,4)35-25(34-22)17-11-5-14(6-12-17)13-18(21(32)33)29-20(31)19(30)15-7-9-16(10-8-15)24(26,27)28/h5-12,18-19,30H,13H2,1-4H3,(H,29,31)(H,32,33)/t18-,19+/m0/s1. The second kappa shape index (κ2) is 9.64. The number of carbonyl (C=O) groups excluding carboxylic acids is 1. The topological polar surface area (TPSA) is 105 Å². The van der Waals surface area contributed by atoms with E-state index in [-0.39, 0.29) is 12.0 Å². The number of carbonyl (C=O) groups is 2. The summed E-state index contributed by atoms with van der Waals surface area (Å²) in [6.45, 7) is 7.72. The van der Waals surface area contributed by atoms with Gasteiger partial charge in [-0.25, -0.2) is 4.79 Å². The fourth-order valence-corrected chi connectivity index (χ4v) is 3.48. The van der Waals surface area contributed by atoms with Gasteiger partial charge < -0.3 is 24.8 Å². The summed E-state index contributed by atoms with van der Waals surface area (Å²) in [5, 5.41) is 22.0. The van der Waals surface area contributed by atoms with Crippen molar-refractivity contribution in [3.8, 4) is 0 Å². The highest BCUT2D eigenvalue weighted by Crippen LogP contribution is 2.36. The monoisotopic (exact) mass is 493 g/mol. The Kier molecular flexibility index (Phi) is 7.36. The molecule has 1 aliphatic rings. The van der Waals surface area contributed by atoms with Crippen molar-refractivity contribution >= 4 is 24.5 Å². The zero-order valence-electron chi connectivity index (χ0n) is 19.7. The highest BCUT2D eigenvalue weighted by atomic mass is 19.4. The first-order chi connectivity index (χ1) is 16.1. The second-order valence-corrected chi connectivity index (χ2v) is 9.46. The summed E-state index contributed by atoms with van der Waals surface area (Å²) in [4.78, 5) is 24.1. The summed E-state index contributed by atoms with van der Waals surface area (Å²) < 4.78 is 50.1. The summed E-state index contributed by atoms with van der Waals surface area (Å²) in [5.74, 6) is -2.36. The van der Waals surface area contributed by atoms with Crippen LogP contribution in [0.3, 0.4) is 0 Å². The van der Waals surface area contributed by atoms with E-state index in [1.807, 2.05) is 27.7 Å². The van der Waals surface area contributed by atoms with Gasteiger partial charge in [-0.2, -0.15) is 13.2 Å². The minimum atomic E-state index is -4.56. The molecule has 1 fully saturated rings. The van der Waals surface area contributed by atoms with Crippen LogP contribution in [0.4, 0.5) is 13.2 Å². The number of nitrogens with one attached hydrogen (secondary N) is 1. The number of carboxylic acid groups (broad SMARTS) is 1. The Morgan fingerprint density at radius 1 is 0.971 bits per heavy atom. The van der Waals surface area contributed by atoms with Crippen molar-refractivity contribution in [3.05, 3.63) is 65.2 Å². The van der Waals surface area contributed by atoms with E-state index in [4.69, 9.17) is 9.31 Å². The lowest BCUT2D eigenvalue weighted by Crippen LogP contribution is -2.44. The van der Waals surface area contributed by atoms with Gasteiger partial charge in [0.25, 0.3) is 5.91 Å². The smallest absolute Gasteiger partial charge is 0.480 e. The van der Waals surface area contributed by atoms with E-state index in [1.54, 1.807) is 24.3 Å². The van der Waals surface area contributed by atoms with Crippen LogP contribution >= 0.6 is 0 Å².